The molecule has 0 amide bonds. The van der Waals surface area contributed by atoms with E-state index in [1.165, 1.54) is 0 Å². The van der Waals surface area contributed by atoms with Gasteiger partial charge >= 0.3 is 5.97 Å². The van der Waals surface area contributed by atoms with E-state index in [2.05, 4.69) is 11.1 Å². The molecule has 6 heteroatoms. The Bertz CT molecular complexity index is 1280. The molecule has 0 bridgehead atoms. The van der Waals surface area contributed by atoms with Gasteiger partial charge in [-0.2, -0.15) is 0 Å². The molecule has 0 radical (unpaired) electrons. The van der Waals surface area contributed by atoms with Gasteiger partial charge in [0.25, 0.3) is 0 Å². The molecule has 6 nitrogen and oxygen atoms in total. The zero-order chi connectivity index (χ0) is 22.5. The van der Waals surface area contributed by atoms with Crippen molar-refractivity contribution in [1.29, 1.82) is 0 Å². The van der Waals surface area contributed by atoms with E-state index < -0.39 is 5.97 Å². The highest BCUT2D eigenvalue weighted by atomic mass is 16.6. The average Bonchev–Trinajstić information content (AvgIpc) is 3.26. The van der Waals surface area contributed by atoms with Crippen LogP contribution in [0.4, 0.5) is 0 Å². The molecule has 0 fully saturated rings. The van der Waals surface area contributed by atoms with Crippen LogP contribution in [0.2, 0.25) is 0 Å². The minimum atomic E-state index is -0.443. The van der Waals surface area contributed by atoms with Gasteiger partial charge in [0.15, 0.2) is 6.61 Å². The molecule has 0 atom stereocenters. The lowest BCUT2D eigenvalue weighted by atomic mass is 10.1. The van der Waals surface area contributed by atoms with Crippen molar-refractivity contribution in [1.82, 2.24) is 9.55 Å². The van der Waals surface area contributed by atoms with Gasteiger partial charge in [-0.05, 0) is 55.3 Å². The van der Waals surface area contributed by atoms with E-state index >= 15 is 0 Å². The molecule has 0 spiro atoms. The number of para-hydroxylation sites is 1. The van der Waals surface area contributed by atoms with Gasteiger partial charge in [0, 0.05) is 29.9 Å². The molecular formula is C26H24N2O4. The van der Waals surface area contributed by atoms with E-state index in [1.807, 2.05) is 60.3 Å². The maximum absolute atomic E-state index is 13.3. The SMILES string of the molecule is CCOC(=O)COc1cc(C(=O)c2cccn2Cc2cnc3ccccc3c2)ccc1C. The molecule has 2 aromatic heterocycles. The molecule has 0 N–H and O–H groups in total. The van der Waals surface area contributed by atoms with Crippen molar-refractivity contribution in [2.75, 3.05) is 13.2 Å². The second-order valence-electron chi connectivity index (χ2n) is 7.46. The molecule has 0 saturated carbocycles. The summed E-state index contributed by atoms with van der Waals surface area (Å²) in [5.41, 5.74) is 3.85. The van der Waals surface area contributed by atoms with E-state index in [1.54, 1.807) is 25.1 Å². The molecule has 0 unspecified atom stereocenters. The first-order chi connectivity index (χ1) is 15.5. The third-order valence-electron chi connectivity index (χ3n) is 5.16. The summed E-state index contributed by atoms with van der Waals surface area (Å²) in [6, 6.07) is 18.9. The Hall–Kier alpha value is -3.93. The number of benzene rings is 2. The average molecular weight is 428 g/mol. The summed E-state index contributed by atoms with van der Waals surface area (Å²) in [5, 5.41) is 1.06. The van der Waals surface area contributed by atoms with E-state index in [-0.39, 0.29) is 12.4 Å². The third kappa shape index (κ3) is 4.70. The normalized spacial score (nSPS) is 10.8. The Labute approximate surface area is 186 Å². The fourth-order valence-corrected chi connectivity index (χ4v) is 3.54. The minimum Gasteiger partial charge on any atom is -0.482 e. The summed E-state index contributed by atoms with van der Waals surface area (Å²) in [7, 11) is 0. The summed E-state index contributed by atoms with van der Waals surface area (Å²) in [4.78, 5) is 29.4. The van der Waals surface area contributed by atoms with Crippen molar-refractivity contribution in [3.8, 4) is 5.75 Å². The van der Waals surface area contributed by atoms with Crippen LogP contribution in [-0.4, -0.2) is 34.5 Å². The van der Waals surface area contributed by atoms with E-state index in [4.69, 9.17) is 9.47 Å². The Kier molecular flexibility index (Phi) is 6.31. The van der Waals surface area contributed by atoms with Gasteiger partial charge in [-0.15, -0.1) is 0 Å². The molecular weight excluding hydrogens is 404 g/mol. The summed E-state index contributed by atoms with van der Waals surface area (Å²) in [6.07, 6.45) is 3.72. The molecule has 0 aliphatic heterocycles. The van der Waals surface area contributed by atoms with Crippen LogP contribution in [0.5, 0.6) is 5.75 Å². The lowest BCUT2D eigenvalue weighted by molar-refractivity contribution is -0.145. The van der Waals surface area contributed by atoms with Crippen molar-refractivity contribution in [2.45, 2.75) is 20.4 Å². The number of nitrogens with zero attached hydrogens (tertiary/aromatic N) is 2. The molecule has 4 rings (SSSR count). The number of esters is 1. The first-order valence-electron chi connectivity index (χ1n) is 10.5. The fourth-order valence-electron chi connectivity index (χ4n) is 3.54. The highest BCUT2D eigenvalue weighted by molar-refractivity contribution is 6.08. The Morgan fingerprint density at radius 3 is 2.72 bits per heavy atom. The summed E-state index contributed by atoms with van der Waals surface area (Å²) < 4.78 is 12.4. The number of fused-ring (bicyclic) bond motifs is 1. The van der Waals surface area contributed by atoms with Gasteiger partial charge in [-0.3, -0.25) is 9.78 Å². The number of pyridine rings is 1. The zero-order valence-corrected chi connectivity index (χ0v) is 18.1. The Morgan fingerprint density at radius 1 is 1.03 bits per heavy atom. The van der Waals surface area contributed by atoms with Gasteiger partial charge in [0.1, 0.15) is 5.75 Å². The van der Waals surface area contributed by atoms with Crippen LogP contribution in [0.1, 0.15) is 34.1 Å². The van der Waals surface area contributed by atoms with Crippen LogP contribution in [0.25, 0.3) is 10.9 Å². The Morgan fingerprint density at radius 2 is 1.88 bits per heavy atom. The van der Waals surface area contributed by atoms with E-state index in [9.17, 15) is 9.59 Å². The topological polar surface area (TPSA) is 70.4 Å². The van der Waals surface area contributed by atoms with Crippen LogP contribution >= 0.6 is 0 Å². The first-order valence-corrected chi connectivity index (χ1v) is 10.5. The highest BCUT2D eigenvalue weighted by Crippen LogP contribution is 2.23. The number of carbonyl (C=O) groups is 2. The maximum Gasteiger partial charge on any atom is 0.344 e. The smallest absolute Gasteiger partial charge is 0.344 e. The predicted octanol–water partition coefficient (Wildman–Crippen LogP) is 4.57. The molecule has 162 valence electrons. The summed E-state index contributed by atoms with van der Waals surface area (Å²) in [6.45, 7) is 4.24. The van der Waals surface area contributed by atoms with Crippen molar-refractivity contribution >= 4 is 22.7 Å². The van der Waals surface area contributed by atoms with Gasteiger partial charge < -0.3 is 14.0 Å². The first kappa shape index (κ1) is 21.3. The molecule has 4 aromatic rings. The summed E-state index contributed by atoms with van der Waals surface area (Å²) in [5.74, 6) is -0.0769. The van der Waals surface area contributed by atoms with Crippen molar-refractivity contribution < 1.29 is 19.1 Å². The zero-order valence-electron chi connectivity index (χ0n) is 18.1. The van der Waals surface area contributed by atoms with Crippen molar-refractivity contribution in [3.05, 3.63) is 95.4 Å². The number of hydrogen-bond acceptors (Lipinski definition) is 5. The number of ketones is 1. The molecule has 0 saturated heterocycles. The lowest BCUT2D eigenvalue weighted by Gasteiger charge is -2.12. The standard InChI is InChI=1S/C26H24N2O4/c1-3-31-25(29)17-32-24-14-21(11-10-18(24)2)26(30)23-9-6-12-28(23)16-19-13-20-7-4-5-8-22(20)27-15-19/h4-15H,3,16-17H2,1-2H3. The molecule has 32 heavy (non-hydrogen) atoms. The summed E-state index contributed by atoms with van der Waals surface area (Å²) >= 11 is 0. The van der Waals surface area contributed by atoms with Crippen LogP contribution in [0.3, 0.4) is 0 Å². The fraction of sp³-hybridized carbons (Fsp3) is 0.192. The maximum atomic E-state index is 13.3. The van der Waals surface area contributed by atoms with Crippen molar-refractivity contribution in [2.24, 2.45) is 0 Å². The van der Waals surface area contributed by atoms with E-state index in [0.29, 0.717) is 30.2 Å². The minimum absolute atomic E-state index is 0.121. The second kappa shape index (κ2) is 9.47. The monoisotopic (exact) mass is 428 g/mol. The number of aromatic nitrogens is 2. The predicted molar refractivity (Wildman–Crippen MR) is 122 cm³/mol. The van der Waals surface area contributed by atoms with Gasteiger partial charge in [0.2, 0.25) is 5.78 Å². The quantitative estimate of drug-likeness (QED) is 0.304. The molecule has 2 heterocycles. The molecule has 2 aromatic carbocycles. The largest absolute Gasteiger partial charge is 0.482 e. The number of carbonyl (C=O) groups excluding carboxylic acids is 2. The van der Waals surface area contributed by atoms with E-state index in [0.717, 1.165) is 22.0 Å². The second-order valence-corrected chi connectivity index (χ2v) is 7.46. The molecule has 0 aliphatic rings. The third-order valence-corrected chi connectivity index (χ3v) is 5.16. The van der Waals surface area contributed by atoms with Crippen LogP contribution in [-0.2, 0) is 16.1 Å². The lowest BCUT2D eigenvalue weighted by Crippen LogP contribution is -2.15. The van der Waals surface area contributed by atoms with Crippen LogP contribution in [0.15, 0.2) is 73.1 Å². The Balaban J connectivity index is 1.55. The van der Waals surface area contributed by atoms with Gasteiger partial charge in [0.05, 0.1) is 17.8 Å². The number of hydrogen-bond donors (Lipinski definition) is 0. The van der Waals surface area contributed by atoms with Crippen molar-refractivity contribution in [3.63, 3.8) is 0 Å². The highest BCUT2D eigenvalue weighted by Gasteiger charge is 2.16. The van der Waals surface area contributed by atoms with Crippen LogP contribution < -0.4 is 4.74 Å². The number of ether oxygens (including phenoxy) is 2. The van der Waals surface area contributed by atoms with Gasteiger partial charge in [-0.25, -0.2) is 4.79 Å². The van der Waals surface area contributed by atoms with Gasteiger partial charge in [-0.1, -0.05) is 30.3 Å². The number of rotatable bonds is 8. The molecule has 0 aliphatic carbocycles. The number of aryl methyl sites for hydroxylation is 1. The van der Waals surface area contributed by atoms with Crippen LogP contribution in [0, 0.1) is 6.92 Å².